The van der Waals surface area contributed by atoms with Crippen molar-refractivity contribution in [3.63, 3.8) is 0 Å². The summed E-state index contributed by atoms with van der Waals surface area (Å²) < 4.78 is 5.31. The van der Waals surface area contributed by atoms with Crippen LogP contribution in [0, 0.1) is 5.41 Å². The minimum Gasteiger partial charge on any atom is -0.380 e. The summed E-state index contributed by atoms with van der Waals surface area (Å²) in [4.78, 5) is 0. The molecular formula is C11H22N2O. The van der Waals surface area contributed by atoms with Gasteiger partial charge in [0, 0.05) is 32.8 Å². The molecule has 1 saturated carbocycles. The molecule has 3 nitrogen and oxygen atoms in total. The standard InChI is InChI=1S/C11H22N2O/c1-11(3-4-11)8-12-6-9-5-10(14-2)7-13-9/h9-10,12-13H,3-8H2,1-2H3. The zero-order valence-electron chi connectivity index (χ0n) is 9.31. The van der Waals surface area contributed by atoms with Crippen LogP contribution in [0.1, 0.15) is 26.2 Å². The van der Waals surface area contributed by atoms with E-state index in [1.165, 1.54) is 19.4 Å². The second-order valence-electron chi connectivity index (χ2n) is 5.14. The molecular weight excluding hydrogens is 176 g/mol. The summed E-state index contributed by atoms with van der Waals surface area (Å²) in [5.41, 5.74) is 0.624. The first-order chi connectivity index (χ1) is 6.72. The Kier molecular flexibility index (Phi) is 3.10. The molecule has 0 bridgehead atoms. The Bertz CT molecular complexity index is 192. The lowest BCUT2D eigenvalue weighted by Crippen LogP contribution is -2.36. The Balaban J connectivity index is 1.57. The molecule has 0 aromatic heterocycles. The Morgan fingerprint density at radius 3 is 2.86 bits per heavy atom. The summed E-state index contributed by atoms with van der Waals surface area (Å²) in [5, 5.41) is 7.03. The van der Waals surface area contributed by atoms with E-state index in [0.29, 0.717) is 17.6 Å². The third-order valence-corrected chi connectivity index (χ3v) is 3.56. The zero-order chi connectivity index (χ0) is 10.0. The maximum absolute atomic E-state index is 5.31. The van der Waals surface area contributed by atoms with E-state index in [4.69, 9.17) is 4.74 Å². The highest BCUT2D eigenvalue weighted by atomic mass is 16.5. The zero-order valence-corrected chi connectivity index (χ0v) is 9.31. The van der Waals surface area contributed by atoms with Crippen molar-refractivity contribution in [3.8, 4) is 0 Å². The van der Waals surface area contributed by atoms with Gasteiger partial charge in [-0.25, -0.2) is 0 Å². The maximum Gasteiger partial charge on any atom is 0.0711 e. The largest absolute Gasteiger partial charge is 0.380 e. The van der Waals surface area contributed by atoms with Crippen molar-refractivity contribution >= 4 is 0 Å². The fraction of sp³-hybridized carbons (Fsp3) is 1.00. The van der Waals surface area contributed by atoms with E-state index in [1.54, 1.807) is 7.11 Å². The third-order valence-electron chi connectivity index (χ3n) is 3.56. The Labute approximate surface area is 86.6 Å². The second kappa shape index (κ2) is 4.17. The monoisotopic (exact) mass is 198 g/mol. The number of hydrogen-bond donors (Lipinski definition) is 2. The number of nitrogens with one attached hydrogen (secondary N) is 2. The van der Waals surface area contributed by atoms with Crippen LogP contribution in [0.3, 0.4) is 0 Å². The van der Waals surface area contributed by atoms with Gasteiger partial charge in [-0.05, 0) is 24.7 Å². The molecule has 0 aromatic carbocycles. The summed E-state index contributed by atoms with van der Waals surface area (Å²) in [6.45, 7) is 5.65. The number of ether oxygens (including phenoxy) is 1. The van der Waals surface area contributed by atoms with Gasteiger partial charge in [-0.2, -0.15) is 0 Å². The van der Waals surface area contributed by atoms with E-state index in [9.17, 15) is 0 Å². The SMILES string of the molecule is COC1CNC(CNCC2(C)CC2)C1. The second-order valence-corrected chi connectivity index (χ2v) is 5.14. The number of methoxy groups -OCH3 is 1. The summed E-state index contributed by atoms with van der Waals surface area (Å²) in [6, 6.07) is 0.613. The average Bonchev–Trinajstić information content (AvgIpc) is 2.75. The average molecular weight is 198 g/mol. The highest BCUT2D eigenvalue weighted by molar-refractivity contribution is 4.91. The van der Waals surface area contributed by atoms with E-state index in [0.717, 1.165) is 19.5 Å². The van der Waals surface area contributed by atoms with Crippen LogP contribution in [0.2, 0.25) is 0 Å². The van der Waals surface area contributed by atoms with Gasteiger partial charge in [0.1, 0.15) is 0 Å². The van der Waals surface area contributed by atoms with Crippen molar-refractivity contribution in [3.05, 3.63) is 0 Å². The maximum atomic E-state index is 5.31. The van der Waals surface area contributed by atoms with Gasteiger partial charge < -0.3 is 15.4 Å². The van der Waals surface area contributed by atoms with Crippen molar-refractivity contribution < 1.29 is 4.74 Å². The molecule has 1 aliphatic carbocycles. The molecule has 82 valence electrons. The van der Waals surface area contributed by atoms with Crippen LogP contribution in [0.15, 0.2) is 0 Å². The van der Waals surface area contributed by atoms with Crippen LogP contribution in [0.5, 0.6) is 0 Å². The predicted molar refractivity (Wildman–Crippen MR) is 57.4 cm³/mol. The van der Waals surface area contributed by atoms with Crippen molar-refractivity contribution in [2.24, 2.45) is 5.41 Å². The normalized spacial score (nSPS) is 34.7. The molecule has 0 aromatic rings. The van der Waals surface area contributed by atoms with Gasteiger partial charge >= 0.3 is 0 Å². The van der Waals surface area contributed by atoms with Crippen molar-refractivity contribution in [1.29, 1.82) is 0 Å². The first-order valence-electron chi connectivity index (χ1n) is 5.69. The van der Waals surface area contributed by atoms with E-state index in [-0.39, 0.29) is 0 Å². The van der Waals surface area contributed by atoms with E-state index in [2.05, 4.69) is 17.6 Å². The molecule has 0 spiro atoms. The van der Waals surface area contributed by atoms with Gasteiger partial charge in [-0.3, -0.25) is 0 Å². The Morgan fingerprint density at radius 1 is 1.50 bits per heavy atom. The minimum atomic E-state index is 0.429. The first kappa shape index (κ1) is 10.4. The first-order valence-corrected chi connectivity index (χ1v) is 5.69. The molecule has 1 aliphatic heterocycles. The summed E-state index contributed by atoms with van der Waals surface area (Å²) in [6.07, 6.45) is 4.39. The molecule has 2 rings (SSSR count). The Morgan fingerprint density at radius 2 is 2.29 bits per heavy atom. The summed E-state index contributed by atoms with van der Waals surface area (Å²) in [7, 11) is 1.80. The smallest absolute Gasteiger partial charge is 0.0711 e. The molecule has 2 N–H and O–H groups in total. The lowest BCUT2D eigenvalue weighted by Gasteiger charge is -2.14. The minimum absolute atomic E-state index is 0.429. The lowest BCUT2D eigenvalue weighted by molar-refractivity contribution is 0.117. The Hall–Kier alpha value is -0.120. The number of rotatable bonds is 5. The molecule has 1 saturated heterocycles. The van der Waals surface area contributed by atoms with Crippen molar-refractivity contribution in [1.82, 2.24) is 10.6 Å². The van der Waals surface area contributed by atoms with Crippen LogP contribution in [-0.4, -0.2) is 38.9 Å². The van der Waals surface area contributed by atoms with Crippen LogP contribution < -0.4 is 10.6 Å². The quantitative estimate of drug-likeness (QED) is 0.684. The molecule has 0 amide bonds. The highest BCUT2D eigenvalue weighted by Crippen LogP contribution is 2.43. The molecule has 2 aliphatic rings. The van der Waals surface area contributed by atoms with E-state index < -0.39 is 0 Å². The molecule has 1 heterocycles. The van der Waals surface area contributed by atoms with Crippen molar-refractivity contribution in [2.75, 3.05) is 26.7 Å². The van der Waals surface area contributed by atoms with Crippen LogP contribution >= 0.6 is 0 Å². The predicted octanol–water partition coefficient (Wildman–Crippen LogP) is 0.753. The van der Waals surface area contributed by atoms with Crippen LogP contribution in [0.25, 0.3) is 0 Å². The van der Waals surface area contributed by atoms with Crippen LogP contribution in [0.4, 0.5) is 0 Å². The topological polar surface area (TPSA) is 33.3 Å². The van der Waals surface area contributed by atoms with Gasteiger partial charge in [-0.1, -0.05) is 6.92 Å². The molecule has 3 heteroatoms. The molecule has 2 fully saturated rings. The van der Waals surface area contributed by atoms with Gasteiger partial charge in [0.2, 0.25) is 0 Å². The van der Waals surface area contributed by atoms with E-state index >= 15 is 0 Å². The fourth-order valence-corrected chi connectivity index (χ4v) is 2.06. The van der Waals surface area contributed by atoms with Gasteiger partial charge in [0.15, 0.2) is 0 Å². The molecule has 2 unspecified atom stereocenters. The fourth-order valence-electron chi connectivity index (χ4n) is 2.06. The van der Waals surface area contributed by atoms with Gasteiger partial charge in [0.05, 0.1) is 6.10 Å². The number of hydrogen-bond acceptors (Lipinski definition) is 3. The summed E-state index contributed by atoms with van der Waals surface area (Å²) >= 11 is 0. The van der Waals surface area contributed by atoms with Crippen molar-refractivity contribution in [2.45, 2.75) is 38.3 Å². The summed E-state index contributed by atoms with van der Waals surface area (Å²) in [5.74, 6) is 0. The van der Waals surface area contributed by atoms with Crippen LogP contribution in [-0.2, 0) is 4.74 Å². The van der Waals surface area contributed by atoms with Gasteiger partial charge in [0.25, 0.3) is 0 Å². The molecule has 14 heavy (non-hydrogen) atoms. The van der Waals surface area contributed by atoms with Gasteiger partial charge in [-0.15, -0.1) is 0 Å². The third kappa shape index (κ3) is 2.69. The van der Waals surface area contributed by atoms with E-state index in [1.807, 2.05) is 0 Å². The molecule has 2 atom stereocenters. The molecule has 0 radical (unpaired) electrons. The lowest BCUT2D eigenvalue weighted by atomic mass is 10.1. The highest BCUT2D eigenvalue weighted by Gasteiger charge is 2.36.